The maximum Gasteiger partial charge on any atom is 0.314 e. The van der Waals surface area contributed by atoms with Crippen molar-refractivity contribution < 1.29 is 19.4 Å². The predicted octanol–water partition coefficient (Wildman–Crippen LogP) is 3.75. The molecule has 0 aliphatic heterocycles. The molecule has 5 heteroatoms. The van der Waals surface area contributed by atoms with Crippen LogP contribution in [0.4, 0.5) is 0 Å². The highest BCUT2D eigenvalue weighted by Crippen LogP contribution is 2.48. The van der Waals surface area contributed by atoms with Gasteiger partial charge in [-0.05, 0) is 65.2 Å². The zero-order valence-corrected chi connectivity index (χ0v) is 13.6. The zero-order valence-electron chi connectivity index (χ0n) is 12.0. The van der Waals surface area contributed by atoms with E-state index in [0.717, 1.165) is 16.5 Å². The molecule has 0 spiro atoms. The Morgan fingerprint density at radius 1 is 1.43 bits per heavy atom. The molecule has 2 saturated carbocycles. The van der Waals surface area contributed by atoms with Crippen LogP contribution in [0.25, 0.3) is 0 Å². The number of aliphatic carboxylic acids is 1. The Morgan fingerprint density at radius 2 is 2.14 bits per heavy atom. The van der Waals surface area contributed by atoms with Gasteiger partial charge in [0.15, 0.2) is 11.5 Å². The van der Waals surface area contributed by atoms with Gasteiger partial charge in [-0.25, -0.2) is 0 Å². The van der Waals surface area contributed by atoms with Crippen LogP contribution in [0, 0.1) is 5.92 Å². The molecule has 4 nitrogen and oxygen atoms in total. The molecule has 0 unspecified atom stereocenters. The number of ether oxygens (including phenoxy) is 2. The van der Waals surface area contributed by atoms with Gasteiger partial charge in [0.25, 0.3) is 0 Å². The number of carbonyl (C=O) groups is 1. The van der Waals surface area contributed by atoms with Crippen molar-refractivity contribution in [2.45, 2.75) is 37.5 Å². The smallest absolute Gasteiger partial charge is 0.314 e. The fourth-order valence-corrected chi connectivity index (χ4v) is 3.33. The Kier molecular flexibility index (Phi) is 3.86. The molecule has 2 fully saturated rings. The SMILES string of the molecule is COc1cc(C2(C(=O)O)CCC2)cc(Br)c1OCC1CC1. The van der Waals surface area contributed by atoms with Crippen molar-refractivity contribution in [3.63, 3.8) is 0 Å². The van der Waals surface area contributed by atoms with Crippen LogP contribution in [0.2, 0.25) is 0 Å². The summed E-state index contributed by atoms with van der Waals surface area (Å²) in [4.78, 5) is 11.6. The molecule has 1 aromatic rings. The van der Waals surface area contributed by atoms with Crippen LogP contribution in [-0.4, -0.2) is 24.8 Å². The topological polar surface area (TPSA) is 55.8 Å². The van der Waals surface area contributed by atoms with Crippen molar-refractivity contribution in [2.75, 3.05) is 13.7 Å². The minimum Gasteiger partial charge on any atom is -0.493 e. The normalized spacial score (nSPS) is 19.7. The molecule has 2 aliphatic carbocycles. The molecular formula is C16H19BrO4. The van der Waals surface area contributed by atoms with Gasteiger partial charge in [-0.15, -0.1) is 0 Å². The van der Waals surface area contributed by atoms with Crippen LogP contribution < -0.4 is 9.47 Å². The summed E-state index contributed by atoms with van der Waals surface area (Å²) in [7, 11) is 1.59. The van der Waals surface area contributed by atoms with Gasteiger partial charge in [0, 0.05) is 0 Å². The fraction of sp³-hybridized carbons (Fsp3) is 0.562. The Bertz CT molecular complexity index is 562. The van der Waals surface area contributed by atoms with E-state index >= 15 is 0 Å². The number of carboxylic acid groups (broad SMARTS) is 1. The lowest BCUT2D eigenvalue weighted by molar-refractivity contribution is -0.147. The van der Waals surface area contributed by atoms with Crippen LogP contribution in [0.15, 0.2) is 16.6 Å². The number of halogens is 1. The second-order valence-corrected chi connectivity index (χ2v) is 6.84. The van der Waals surface area contributed by atoms with Crippen molar-refractivity contribution in [3.8, 4) is 11.5 Å². The fourth-order valence-electron chi connectivity index (χ4n) is 2.78. The molecule has 2 aliphatic rings. The maximum atomic E-state index is 11.6. The van der Waals surface area contributed by atoms with E-state index in [4.69, 9.17) is 9.47 Å². The average molecular weight is 355 g/mol. The van der Waals surface area contributed by atoms with E-state index in [1.807, 2.05) is 12.1 Å². The number of methoxy groups -OCH3 is 1. The zero-order chi connectivity index (χ0) is 15.0. The number of hydrogen-bond acceptors (Lipinski definition) is 3. The van der Waals surface area contributed by atoms with E-state index in [1.165, 1.54) is 12.8 Å². The monoisotopic (exact) mass is 354 g/mol. The second kappa shape index (κ2) is 5.52. The summed E-state index contributed by atoms with van der Waals surface area (Å²) in [5.74, 6) is 1.17. The molecule has 0 bridgehead atoms. The van der Waals surface area contributed by atoms with E-state index in [9.17, 15) is 9.90 Å². The van der Waals surface area contributed by atoms with Gasteiger partial charge in [0.05, 0.1) is 23.6 Å². The molecule has 3 rings (SSSR count). The Labute approximate surface area is 132 Å². The highest BCUT2D eigenvalue weighted by molar-refractivity contribution is 9.10. The van der Waals surface area contributed by atoms with E-state index < -0.39 is 11.4 Å². The van der Waals surface area contributed by atoms with Gasteiger partial charge < -0.3 is 14.6 Å². The molecule has 0 radical (unpaired) electrons. The minimum absolute atomic E-state index is 0.604. The molecule has 0 aromatic heterocycles. The van der Waals surface area contributed by atoms with Crippen molar-refractivity contribution in [2.24, 2.45) is 5.92 Å². The van der Waals surface area contributed by atoms with Crippen LogP contribution in [0.3, 0.4) is 0 Å². The number of benzene rings is 1. The lowest BCUT2D eigenvalue weighted by atomic mass is 9.64. The van der Waals surface area contributed by atoms with Crippen molar-refractivity contribution in [1.82, 2.24) is 0 Å². The number of carboxylic acids is 1. The molecule has 0 amide bonds. The largest absolute Gasteiger partial charge is 0.493 e. The predicted molar refractivity (Wildman–Crippen MR) is 82.1 cm³/mol. The second-order valence-electron chi connectivity index (χ2n) is 5.98. The van der Waals surface area contributed by atoms with Gasteiger partial charge >= 0.3 is 5.97 Å². The highest BCUT2D eigenvalue weighted by atomic mass is 79.9. The first-order chi connectivity index (χ1) is 10.1. The lowest BCUT2D eigenvalue weighted by Crippen LogP contribution is -2.42. The Morgan fingerprint density at radius 3 is 2.62 bits per heavy atom. The third kappa shape index (κ3) is 2.63. The highest BCUT2D eigenvalue weighted by Gasteiger charge is 2.46. The first-order valence-corrected chi connectivity index (χ1v) is 8.10. The van der Waals surface area contributed by atoms with Crippen LogP contribution in [-0.2, 0) is 10.2 Å². The van der Waals surface area contributed by atoms with E-state index in [0.29, 0.717) is 36.9 Å². The Hall–Kier alpha value is -1.23. The van der Waals surface area contributed by atoms with E-state index in [-0.39, 0.29) is 0 Å². The maximum absolute atomic E-state index is 11.6. The van der Waals surface area contributed by atoms with Gasteiger partial charge in [-0.1, -0.05) is 6.42 Å². The quantitative estimate of drug-likeness (QED) is 0.844. The van der Waals surface area contributed by atoms with Crippen LogP contribution in [0.1, 0.15) is 37.7 Å². The average Bonchev–Trinajstić information content (AvgIpc) is 3.19. The summed E-state index contributed by atoms with van der Waals surface area (Å²) >= 11 is 3.51. The van der Waals surface area contributed by atoms with Crippen molar-refractivity contribution >= 4 is 21.9 Å². The molecule has 1 N–H and O–H groups in total. The molecule has 0 heterocycles. The summed E-state index contributed by atoms with van der Waals surface area (Å²) in [6, 6.07) is 3.69. The van der Waals surface area contributed by atoms with Gasteiger partial charge in [0.1, 0.15) is 0 Å². The van der Waals surface area contributed by atoms with Gasteiger partial charge in [0.2, 0.25) is 0 Å². The molecular weight excluding hydrogens is 336 g/mol. The minimum atomic E-state index is -0.759. The third-order valence-electron chi connectivity index (χ3n) is 4.56. The number of hydrogen-bond donors (Lipinski definition) is 1. The summed E-state index contributed by atoms with van der Waals surface area (Å²) in [5.41, 5.74) is 0.0360. The van der Waals surface area contributed by atoms with Gasteiger partial charge in [-0.3, -0.25) is 4.79 Å². The third-order valence-corrected chi connectivity index (χ3v) is 5.15. The van der Waals surface area contributed by atoms with Gasteiger partial charge in [-0.2, -0.15) is 0 Å². The first kappa shape index (κ1) is 14.7. The standard InChI is InChI=1S/C16H19BrO4/c1-20-13-8-11(16(15(18)19)5-2-6-16)7-12(17)14(13)21-9-10-3-4-10/h7-8,10H,2-6,9H2,1H3,(H,18,19). The number of rotatable bonds is 6. The molecule has 1 aromatic carbocycles. The summed E-state index contributed by atoms with van der Waals surface area (Å²) in [5, 5.41) is 9.56. The molecule has 21 heavy (non-hydrogen) atoms. The summed E-state index contributed by atoms with van der Waals surface area (Å²) in [6.45, 7) is 0.693. The first-order valence-electron chi connectivity index (χ1n) is 7.31. The summed E-state index contributed by atoms with van der Waals surface area (Å²) < 4.78 is 12.0. The molecule has 0 atom stereocenters. The summed E-state index contributed by atoms with van der Waals surface area (Å²) in [6.07, 6.45) is 4.76. The molecule has 0 saturated heterocycles. The van der Waals surface area contributed by atoms with Crippen molar-refractivity contribution in [3.05, 3.63) is 22.2 Å². The molecule has 114 valence electrons. The van der Waals surface area contributed by atoms with E-state index in [1.54, 1.807) is 7.11 Å². The van der Waals surface area contributed by atoms with E-state index in [2.05, 4.69) is 15.9 Å². The van der Waals surface area contributed by atoms with Crippen LogP contribution in [0.5, 0.6) is 11.5 Å². The van der Waals surface area contributed by atoms with Crippen LogP contribution >= 0.6 is 15.9 Å². The van der Waals surface area contributed by atoms with Crippen molar-refractivity contribution in [1.29, 1.82) is 0 Å². The lowest BCUT2D eigenvalue weighted by Gasteiger charge is -2.38. The Balaban J connectivity index is 1.92.